The van der Waals surface area contributed by atoms with Crippen molar-refractivity contribution in [2.24, 2.45) is 0 Å². The van der Waals surface area contributed by atoms with E-state index in [2.05, 4.69) is 4.74 Å². The number of methoxy groups -OCH3 is 1. The molecule has 2 rings (SSSR count). The van der Waals surface area contributed by atoms with Gasteiger partial charge >= 0.3 is 5.97 Å². The zero-order valence-electron chi connectivity index (χ0n) is 12.7. The van der Waals surface area contributed by atoms with Crippen molar-refractivity contribution in [2.75, 3.05) is 17.7 Å². The number of hydrogen-bond acceptors (Lipinski definition) is 4. The lowest BCUT2D eigenvalue weighted by Crippen LogP contribution is -2.29. The Morgan fingerprint density at radius 1 is 1.17 bits per heavy atom. The van der Waals surface area contributed by atoms with Crippen molar-refractivity contribution >= 4 is 21.7 Å². The van der Waals surface area contributed by atoms with Crippen LogP contribution < -0.4 is 4.31 Å². The molecule has 0 saturated heterocycles. The molecule has 23 heavy (non-hydrogen) atoms. The molecule has 0 N–H and O–H groups in total. The van der Waals surface area contributed by atoms with E-state index < -0.39 is 21.8 Å². The van der Waals surface area contributed by atoms with Crippen LogP contribution in [0.4, 0.5) is 10.1 Å². The van der Waals surface area contributed by atoms with E-state index in [9.17, 15) is 17.6 Å². The fraction of sp³-hybridized carbons (Fsp3) is 0.188. The maximum Gasteiger partial charge on any atom is 0.337 e. The van der Waals surface area contributed by atoms with Crippen LogP contribution in [0.1, 0.15) is 15.9 Å². The molecule has 0 aliphatic carbocycles. The van der Waals surface area contributed by atoms with E-state index in [1.54, 1.807) is 6.07 Å². The normalized spacial score (nSPS) is 11.1. The van der Waals surface area contributed by atoms with Crippen LogP contribution in [0, 0.1) is 5.82 Å². The molecule has 0 saturated carbocycles. The second-order valence-electron chi connectivity index (χ2n) is 4.94. The van der Waals surface area contributed by atoms with Crippen molar-refractivity contribution in [1.82, 2.24) is 0 Å². The minimum atomic E-state index is -3.57. The smallest absolute Gasteiger partial charge is 0.337 e. The molecule has 2 aromatic carbocycles. The molecule has 0 aromatic heterocycles. The highest BCUT2D eigenvalue weighted by Crippen LogP contribution is 2.21. The van der Waals surface area contributed by atoms with Gasteiger partial charge in [0.05, 0.1) is 31.2 Å². The van der Waals surface area contributed by atoms with Gasteiger partial charge in [0, 0.05) is 0 Å². The first kappa shape index (κ1) is 17.0. The first-order valence-corrected chi connectivity index (χ1v) is 8.56. The molecule has 0 unspecified atom stereocenters. The highest BCUT2D eigenvalue weighted by molar-refractivity contribution is 7.92. The van der Waals surface area contributed by atoms with Crippen LogP contribution in [-0.2, 0) is 21.3 Å². The van der Waals surface area contributed by atoms with E-state index in [1.165, 1.54) is 49.6 Å². The quantitative estimate of drug-likeness (QED) is 0.787. The van der Waals surface area contributed by atoms with Crippen LogP contribution in [0.15, 0.2) is 48.5 Å². The van der Waals surface area contributed by atoms with E-state index in [-0.39, 0.29) is 6.54 Å². The van der Waals surface area contributed by atoms with Crippen LogP contribution in [0.25, 0.3) is 0 Å². The number of sulfonamides is 1. The Labute approximate surface area is 134 Å². The van der Waals surface area contributed by atoms with Crippen LogP contribution in [0.3, 0.4) is 0 Å². The molecular weight excluding hydrogens is 321 g/mol. The predicted octanol–water partition coefficient (Wildman–Crippen LogP) is 2.58. The summed E-state index contributed by atoms with van der Waals surface area (Å²) in [6.45, 7) is -0.00579. The zero-order chi connectivity index (χ0) is 17.0. The van der Waals surface area contributed by atoms with Gasteiger partial charge in [-0.25, -0.2) is 17.6 Å². The third kappa shape index (κ3) is 4.29. The van der Waals surface area contributed by atoms with Crippen LogP contribution in [0.5, 0.6) is 0 Å². The van der Waals surface area contributed by atoms with E-state index in [4.69, 9.17) is 0 Å². The summed E-state index contributed by atoms with van der Waals surface area (Å²) in [5.74, 6) is -0.940. The van der Waals surface area contributed by atoms with Gasteiger partial charge in [-0.2, -0.15) is 0 Å². The highest BCUT2D eigenvalue weighted by atomic mass is 32.2. The Kier molecular flexibility index (Phi) is 5.00. The summed E-state index contributed by atoms with van der Waals surface area (Å²) in [6, 6.07) is 11.7. The van der Waals surface area contributed by atoms with Crippen molar-refractivity contribution < 1.29 is 22.3 Å². The van der Waals surface area contributed by atoms with Crippen molar-refractivity contribution in [3.05, 3.63) is 65.5 Å². The Morgan fingerprint density at radius 3 is 2.35 bits per heavy atom. The van der Waals surface area contributed by atoms with Gasteiger partial charge < -0.3 is 4.74 Å². The Morgan fingerprint density at radius 2 is 1.83 bits per heavy atom. The lowest BCUT2D eigenvalue weighted by atomic mass is 10.2. The second-order valence-corrected chi connectivity index (χ2v) is 6.84. The first-order chi connectivity index (χ1) is 10.8. The zero-order valence-corrected chi connectivity index (χ0v) is 13.5. The minimum Gasteiger partial charge on any atom is -0.465 e. The highest BCUT2D eigenvalue weighted by Gasteiger charge is 2.18. The topological polar surface area (TPSA) is 63.7 Å². The van der Waals surface area contributed by atoms with Crippen LogP contribution >= 0.6 is 0 Å². The van der Waals surface area contributed by atoms with Gasteiger partial charge in [0.15, 0.2) is 0 Å². The molecule has 5 nitrogen and oxygen atoms in total. The maximum atomic E-state index is 13.3. The van der Waals surface area contributed by atoms with E-state index >= 15 is 0 Å². The molecule has 0 bridgehead atoms. The number of carbonyl (C=O) groups excluding carboxylic acids is 1. The summed E-state index contributed by atoms with van der Waals surface area (Å²) in [5, 5.41) is 0. The molecule has 0 amide bonds. The minimum absolute atomic E-state index is 0.00579. The number of esters is 1. The van der Waals surface area contributed by atoms with Gasteiger partial charge in [0.1, 0.15) is 5.82 Å². The predicted molar refractivity (Wildman–Crippen MR) is 85.2 cm³/mol. The number of carbonyl (C=O) groups is 1. The van der Waals surface area contributed by atoms with Gasteiger partial charge in [0.2, 0.25) is 10.0 Å². The van der Waals surface area contributed by atoms with E-state index in [0.29, 0.717) is 16.8 Å². The average molecular weight is 337 g/mol. The molecular formula is C16H16FNO4S. The van der Waals surface area contributed by atoms with Gasteiger partial charge in [-0.3, -0.25) is 4.31 Å². The number of hydrogen-bond donors (Lipinski definition) is 0. The average Bonchev–Trinajstić information content (AvgIpc) is 2.51. The summed E-state index contributed by atoms with van der Waals surface area (Å²) < 4.78 is 43.1. The lowest BCUT2D eigenvalue weighted by molar-refractivity contribution is 0.0600. The lowest BCUT2D eigenvalue weighted by Gasteiger charge is -2.22. The SMILES string of the molecule is COC(=O)c1ccc(N(Cc2cccc(F)c2)S(C)(=O)=O)cc1. The fourth-order valence-corrected chi connectivity index (χ4v) is 2.97. The maximum absolute atomic E-state index is 13.3. The van der Waals surface area contributed by atoms with Gasteiger partial charge in [-0.05, 0) is 42.0 Å². The van der Waals surface area contributed by atoms with Crippen molar-refractivity contribution in [3.63, 3.8) is 0 Å². The summed E-state index contributed by atoms with van der Waals surface area (Å²) in [7, 11) is -2.31. The standard InChI is InChI=1S/C16H16FNO4S/c1-22-16(19)13-6-8-15(9-7-13)18(23(2,20)21)11-12-4-3-5-14(17)10-12/h3-10H,11H2,1-2H3. The molecule has 0 heterocycles. The molecule has 122 valence electrons. The monoisotopic (exact) mass is 337 g/mol. The summed E-state index contributed by atoms with van der Waals surface area (Å²) >= 11 is 0. The number of nitrogens with zero attached hydrogens (tertiary/aromatic N) is 1. The molecule has 0 fully saturated rings. The van der Waals surface area contributed by atoms with Crippen LogP contribution in [0.2, 0.25) is 0 Å². The van der Waals surface area contributed by atoms with E-state index in [0.717, 1.165) is 10.6 Å². The number of anilines is 1. The first-order valence-electron chi connectivity index (χ1n) is 6.72. The summed E-state index contributed by atoms with van der Waals surface area (Å²) in [5.41, 5.74) is 1.22. The third-order valence-corrected chi connectivity index (χ3v) is 4.33. The molecule has 2 aromatic rings. The number of benzene rings is 2. The Bertz CT molecular complexity index is 803. The summed E-state index contributed by atoms with van der Waals surface area (Å²) in [4.78, 5) is 11.4. The van der Waals surface area contributed by atoms with Gasteiger partial charge in [-0.15, -0.1) is 0 Å². The number of rotatable bonds is 5. The van der Waals surface area contributed by atoms with Gasteiger partial charge in [-0.1, -0.05) is 12.1 Å². The van der Waals surface area contributed by atoms with Crippen molar-refractivity contribution in [3.8, 4) is 0 Å². The molecule has 0 atom stereocenters. The largest absolute Gasteiger partial charge is 0.465 e. The summed E-state index contributed by atoms with van der Waals surface area (Å²) in [6.07, 6.45) is 1.07. The molecule has 0 spiro atoms. The Hall–Kier alpha value is -2.41. The van der Waals surface area contributed by atoms with Crippen LogP contribution in [-0.4, -0.2) is 27.8 Å². The molecule has 0 radical (unpaired) electrons. The van der Waals surface area contributed by atoms with Crippen molar-refractivity contribution in [2.45, 2.75) is 6.54 Å². The fourth-order valence-electron chi connectivity index (χ4n) is 2.08. The molecule has 0 aliphatic heterocycles. The van der Waals surface area contributed by atoms with E-state index in [1.807, 2.05) is 0 Å². The molecule has 7 heteroatoms. The molecule has 0 aliphatic rings. The number of halogens is 1. The van der Waals surface area contributed by atoms with Gasteiger partial charge in [0.25, 0.3) is 0 Å². The second kappa shape index (κ2) is 6.78. The van der Waals surface area contributed by atoms with Crippen molar-refractivity contribution in [1.29, 1.82) is 0 Å². The third-order valence-electron chi connectivity index (χ3n) is 3.19. The Balaban J connectivity index is 2.34. The number of ether oxygens (including phenoxy) is 1.